The fourth-order valence-electron chi connectivity index (χ4n) is 2.79. The molecule has 0 radical (unpaired) electrons. The summed E-state index contributed by atoms with van der Waals surface area (Å²) in [5.74, 6) is 0.344. The van der Waals surface area contributed by atoms with E-state index in [-0.39, 0.29) is 11.8 Å². The molecule has 0 N–H and O–H groups in total. The van der Waals surface area contributed by atoms with Gasteiger partial charge in [0.05, 0.1) is 6.61 Å². The second-order valence-electron chi connectivity index (χ2n) is 5.53. The summed E-state index contributed by atoms with van der Waals surface area (Å²) in [6.45, 7) is 2.19. The van der Waals surface area contributed by atoms with Gasteiger partial charge in [-0.3, -0.25) is 9.59 Å². The molecule has 0 saturated carbocycles. The van der Waals surface area contributed by atoms with E-state index >= 15 is 0 Å². The average Bonchev–Trinajstić information content (AvgIpc) is 2.67. The second kappa shape index (κ2) is 6.83. The summed E-state index contributed by atoms with van der Waals surface area (Å²) in [6.07, 6.45) is 4.07. The summed E-state index contributed by atoms with van der Waals surface area (Å²) in [5.41, 5.74) is 0.505. The maximum absolute atomic E-state index is 12.5. The molecule has 1 fully saturated rings. The van der Waals surface area contributed by atoms with Gasteiger partial charge in [0.2, 0.25) is 5.91 Å². The first-order valence-corrected chi connectivity index (χ1v) is 7.24. The number of hydrogen-bond acceptors (Lipinski definition) is 4. The van der Waals surface area contributed by atoms with Crippen molar-refractivity contribution in [3.63, 3.8) is 0 Å². The van der Waals surface area contributed by atoms with E-state index in [1.165, 1.54) is 5.01 Å². The summed E-state index contributed by atoms with van der Waals surface area (Å²) in [4.78, 5) is 25.8. The Morgan fingerprint density at radius 3 is 2.90 bits per heavy atom. The number of rotatable bonds is 3. The maximum atomic E-state index is 12.5. The number of methoxy groups -OCH3 is 1. The van der Waals surface area contributed by atoms with Gasteiger partial charge >= 0.3 is 0 Å². The van der Waals surface area contributed by atoms with Crippen molar-refractivity contribution in [2.24, 2.45) is 11.0 Å². The topological polar surface area (TPSA) is 62.2 Å². The number of ether oxygens (including phenoxy) is 1. The first-order valence-electron chi connectivity index (χ1n) is 7.24. The minimum Gasteiger partial charge on any atom is -0.384 e. The van der Waals surface area contributed by atoms with Crippen LogP contribution in [0.3, 0.4) is 0 Å². The van der Waals surface area contributed by atoms with E-state index in [9.17, 15) is 9.59 Å². The predicted octanol–water partition coefficient (Wildman–Crippen LogP) is 0.870. The van der Waals surface area contributed by atoms with Crippen LogP contribution in [0.25, 0.3) is 0 Å². The highest BCUT2D eigenvalue weighted by atomic mass is 16.5. The SMILES string of the molecule is COCC1CCCCN(C(=O)C2=NN(C)C(=O)CC2)C1. The molecule has 0 aromatic heterocycles. The Morgan fingerprint density at radius 2 is 2.20 bits per heavy atom. The molecule has 0 aromatic carbocycles. The lowest BCUT2D eigenvalue weighted by molar-refractivity contribution is -0.130. The van der Waals surface area contributed by atoms with Crippen molar-refractivity contribution >= 4 is 17.5 Å². The normalized spacial score (nSPS) is 24.4. The maximum Gasteiger partial charge on any atom is 0.270 e. The van der Waals surface area contributed by atoms with Crippen molar-refractivity contribution in [2.45, 2.75) is 32.1 Å². The molecule has 2 aliphatic rings. The molecule has 2 heterocycles. The van der Waals surface area contributed by atoms with Gasteiger partial charge in [0, 0.05) is 40.1 Å². The van der Waals surface area contributed by atoms with Crippen LogP contribution >= 0.6 is 0 Å². The van der Waals surface area contributed by atoms with Crippen LogP contribution in [0.1, 0.15) is 32.1 Å². The van der Waals surface area contributed by atoms with Gasteiger partial charge < -0.3 is 9.64 Å². The summed E-state index contributed by atoms with van der Waals surface area (Å²) in [7, 11) is 3.30. The summed E-state index contributed by atoms with van der Waals surface area (Å²) < 4.78 is 5.22. The van der Waals surface area contributed by atoms with E-state index in [1.807, 2.05) is 4.90 Å². The van der Waals surface area contributed by atoms with Crippen molar-refractivity contribution in [1.82, 2.24) is 9.91 Å². The van der Waals surface area contributed by atoms with Gasteiger partial charge in [0.25, 0.3) is 5.91 Å². The van der Waals surface area contributed by atoms with E-state index < -0.39 is 0 Å². The zero-order valence-corrected chi connectivity index (χ0v) is 12.3. The summed E-state index contributed by atoms with van der Waals surface area (Å²) in [6, 6.07) is 0. The lowest BCUT2D eigenvalue weighted by Crippen LogP contribution is -2.42. The molecule has 2 aliphatic heterocycles. The van der Waals surface area contributed by atoms with Crippen LogP contribution in [0.5, 0.6) is 0 Å². The molecule has 0 aromatic rings. The molecule has 0 spiro atoms. The Hall–Kier alpha value is -1.43. The smallest absolute Gasteiger partial charge is 0.270 e. The van der Waals surface area contributed by atoms with Gasteiger partial charge in [-0.25, -0.2) is 5.01 Å². The Balaban J connectivity index is 2.03. The third-order valence-corrected chi connectivity index (χ3v) is 3.91. The van der Waals surface area contributed by atoms with E-state index in [0.29, 0.717) is 31.1 Å². The van der Waals surface area contributed by atoms with Crippen molar-refractivity contribution in [2.75, 3.05) is 33.9 Å². The molecule has 0 aliphatic carbocycles. The number of nitrogens with zero attached hydrogens (tertiary/aromatic N) is 3. The number of likely N-dealkylation sites (tertiary alicyclic amines) is 1. The van der Waals surface area contributed by atoms with Crippen molar-refractivity contribution in [3.8, 4) is 0 Å². The lowest BCUT2D eigenvalue weighted by atomic mass is 10.0. The Bertz CT molecular complexity index is 408. The second-order valence-corrected chi connectivity index (χ2v) is 5.53. The molecule has 0 bridgehead atoms. The van der Waals surface area contributed by atoms with Crippen LogP contribution in [-0.2, 0) is 14.3 Å². The molecule has 112 valence electrons. The van der Waals surface area contributed by atoms with E-state index in [1.54, 1.807) is 14.2 Å². The molecule has 6 nitrogen and oxygen atoms in total. The Morgan fingerprint density at radius 1 is 1.40 bits per heavy atom. The minimum atomic E-state index is -0.0327. The van der Waals surface area contributed by atoms with Gasteiger partial charge in [-0.2, -0.15) is 5.10 Å². The van der Waals surface area contributed by atoms with Crippen molar-refractivity contribution in [1.29, 1.82) is 0 Å². The quantitative estimate of drug-likeness (QED) is 0.771. The van der Waals surface area contributed by atoms with Gasteiger partial charge in [-0.05, 0) is 18.8 Å². The minimum absolute atomic E-state index is 0.0210. The summed E-state index contributed by atoms with van der Waals surface area (Å²) >= 11 is 0. The van der Waals surface area contributed by atoms with Crippen LogP contribution in [0, 0.1) is 5.92 Å². The third-order valence-electron chi connectivity index (χ3n) is 3.91. The zero-order valence-electron chi connectivity index (χ0n) is 12.3. The lowest BCUT2D eigenvalue weighted by Gasteiger charge is -2.27. The highest BCUT2D eigenvalue weighted by Crippen LogP contribution is 2.18. The highest BCUT2D eigenvalue weighted by Gasteiger charge is 2.28. The fourth-order valence-corrected chi connectivity index (χ4v) is 2.79. The first kappa shape index (κ1) is 15.0. The molecular formula is C14H23N3O3. The predicted molar refractivity (Wildman–Crippen MR) is 75.2 cm³/mol. The molecule has 1 saturated heterocycles. The van der Waals surface area contributed by atoms with E-state index in [2.05, 4.69) is 5.10 Å². The van der Waals surface area contributed by atoms with Crippen molar-refractivity contribution < 1.29 is 14.3 Å². The molecule has 2 rings (SSSR count). The van der Waals surface area contributed by atoms with E-state index in [4.69, 9.17) is 4.74 Å². The largest absolute Gasteiger partial charge is 0.384 e. The zero-order chi connectivity index (χ0) is 14.5. The number of amides is 2. The van der Waals surface area contributed by atoms with Gasteiger partial charge in [-0.1, -0.05) is 6.42 Å². The molecular weight excluding hydrogens is 258 g/mol. The first-order chi connectivity index (χ1) is 9.61. The number of carbonyl (C=O) groups excluding carboxylic acids is 2. The molecule has 1 atom stereocenters. The molecule has 2 amide bonds. The molecule has 1 unspecified atom stereocenters. The Kier molecular flexibility index (Phi) is 5.11. The number of hydrazone groups is 1. The van der Waals surface area contributed by atoms with Gasteiger partial charge in [0.15, 0.2) is 0 Å². The fraction of sp³-hybridized carbons (Fsp3) is 0.786. The van der Waals surface area contributed by atoms with Crippen LogP contribution in [0.4, 0.5) is 0 Å². The number of hydrogen-bond donors (Lipinski definition) is 0. The molecule has 6 heteroatoms. The van der Waals surface area contributed by atoms with E-state index in [0.717, 1.165) is 32.4 Å². The van der Waals surface area contributed by atoms with Crippen LogP contribution in [-0.4, -0.2) is 61.3 Å². The van der Waals surface area contributed by atoms with Crippen LogP contribution in [0.15, 0.2) is 5.10 Å². The van der Waals surface area contributed by atoms with Gasteiger partial charge in [0.1, 0.15) is 5.71 Å². The standard InChI is InChI=1S/C14H23N3O3/c1-16-13(18)7-6-12(15-16)14(19)17-8-4-3-5-11(9-17)10-20-2/h11H,3-10H2,1-2H3. The monoisotopic (exact) mass is 281 g/mol. The van der Waals surface area contributed by atoms with Gasteiger partial charge in [-0.15, -0.1) is 0 Å². The van der Waals surface area contributed by atoms with Crippen LogP contribution in [0.2, 0.25) is 0 Å². The molecule has 20 heavy (non-hydrogen) atoms. The highest BCUT2D eigenvalue weighted by molar-refractivity contribution is 6.39. The summed E-state index contributed by atoms with van der Waals surface area (Å²) in [5, 5.41) is 5.40. The van der Waals surface area contributed by atoms with Crippen LogP contribution < -0.4 is 0 Å². The van der Waals surface area contributed by atoms with Crippen molar-refractivity contribution in [3.05, 3.63) is 0 Å². The average molecular weight is 281 g/mol. The Labute approximate surface area is 119 Å². The number of carbonyl (C=O) groups is 2. The third kappa shape index (κ3) is 3.56.